The van der Waals surface area contributed by atoms with Crippen LogP contribution in [0.2, 0.25) is 0 Å². The van der Waals surface area contributed by atoms with E-state index < -0.39 is 5.97 Å². The van der Waals surface area contributed by atoms with Gasteiger partial charge < -0.3 is 13.9 Å². The molecule has 0 spiro atoms. The van der Waals surface area contributed by atoms with Crippen LogP contribution in [0.4, 0.5) is 0 Å². The zero-order valence-electron chi connectivity index (χ0n) is 10.5. The van der Waals surface area contributed by atoms with E-state index in [4.69, 9.17) is 13.9 Å². The van der Waals surface area contributed by atoms with Crippen molar-refractivity contribution in [1.29, 1.82) is 0 Å². The molecule has 2 aromatic rings. The third-order valence-corrected chi connectivity index (χ3v) is 2.46. The fourth-order valence-corrected chi connectivity index (χ4v) is 1.46. The van der Waals surface area contributed by atoms with Crippen molar-refractivity contribution in [2.75, 3.05) is 7.11 Å². The molecule has 0 aliphatic rings. The maximum Gasteiger partial charge on any atom is 0.331 e. The lowest BCUT2D eigenvalue weighted by molar-refractivity contribution is -0.139. The molecule has 2 rings (SSSR count). The summed E-state index contributed by atoms with van der Waals surface area (Å²) < 4.78 is 15.1. The summed E-state index contributed by atoms with van der Waals surface area (Å²) in [7, 11) is 1.61. The Morgan fingerprint density at radius 2 is 2.05 bits per heavy atom. The average Bonchev–Trinajstić information content (AvgIpc) is 2.96. The van der Waals surface area contributed by atoms with Crippen LogP contribution in [0.1, 0.15) is 11.3 Å². The Balaban J connectivity index is 1.85. The SMILES string of the molecule is COc1ccc(C=CC(=O)OCc2ccco2)cc1. The van der Waals surface area contributed by atoms with Crippen molar-refractivity contribution in [3.63, 3.8) is 0 Å². The molecule has 4 nitrogen and oxygen atoms in total. The van der Waals surface area contributed by atoms with Gasteiger partial charge in [-0.15, -0.1) is 0 Å². The number of hydrogen-bond acceptors (Lipinski definition) is 4. The number of carbonyl (C=O) groups excluding carboxylic acids is 1. The third kappa shape index (κ3) is 4.03. The van der Waals surface area contributed by atoms with E-state index >= 15 is 0 Å². The maximum absolute atomic E-state index is 11.5. The largest absolute Gasteiger partial charge is 0.497 e. The smallest absolute Gasteiger partial charge is 0.331 e. The molecule has 0 radical (unpaired) electrons. The highest BCUT2D eigenvalue weighted by Crippen LogP contribution is 2.12. The maximum atomic E-state index is 11.5. The van der Waals surface area contributed by atoms with E-state index in [1.54, 1.807) is 25.3 Å². The highest BCUT2D eigenvalue weighted by molar-refractivity contribution is 5.87. The van der Waals surface area contributed by atoms with Crippen molar-refractivity contribution in [3.8, 4) is 5.75 Å². The van der Waals surface area contributed by atoms with Crippen LogP contribution in [0.5, 0.6) is 5.75 Å². The van der Waals surface area contributed by atoms with E-state index in [2.05, 4.69) is 0 Å². The molecule has 1 heterocycles. The Kier molecular flexibility index (Phi) is 4.39. The standard InChI is InChI=1S/C15H14O4/c1-17-13-7-4-12(5-8-13)6-9-15(16)19-11-14-3-2-10-18-14/h2-10H,11H2,1H3. The summed E-state index contributed by atoms with van der Waals surface area (Å²) in [6, 6.07) is 10.9. The van der Waals surface area contributed by atoms with Gasteiger partial charge in [-0.25, -0.2) is 4.79 Å². The Morgan fingerprint density at radius 1 is 1.26 bits per heavy atom. The van der Waals surface area contributed by atoms with Crippen LogP contribution in [-0.2, 0) is 16.1 Å². The number of ether oxygens (including phenoxy) is 2. The molecule has 0 aliphatic heterocycles. The number of methoxy groups -OCH3 is 1. The van der Waals surface area contributed by atoms with Gasteiger partial charge in [-0.1, -0.05) is 12.1 Å². The van der Waals surface area contributed by atoms with Crippen molar-refractivity contribution in [3.05, 3.63) is 60.1 Å². The second-order valence-electron chi connectivity index (χ2n) is 3.79. The molecule has 0 amide bonds. The zero-order valence-corrected chi connectivity index (χ0v) is 10.5. The molecule has 0 saturated heterocycles. The molecule has 19 heavy (non-hydrogen) atoms. The predicted molar refractivity (Wildman–Crippen MR) is 70.5 cm³/mol. The minimum absolute atomic E-state index is 0.138. The van der Waals surface area contributed by atoms with Crippen LogP contribution in [0.3, 0.4) is 0 Å². The van der Waals surface area contributed by atoms with Crippen molar-refractivity contribution in [2.24, 2.45) is 0 Å². The normalized spacial score (nSPS) is 10.6. The van der Waals surface area contributed by atoms with Gasteiger partial charge in [-0.2, -0.15) is 0 Å². The highest BCUT2D eigenvalue weighted by Gasteiger charge is 2.00. The monoisotopic (exact) mass is 258 g/mol. The van der Waals surface area contributed by atoms with Crippen molar-refractivity contribution in [2.45, 2.75) is 6.61 Å². The Bertz CT molecular complexity index is 538. The summed E-state index contributed by atoms with van der Waals surface area (Å²) >= 11 is 0. The summed E-state index contributed by atoms with van der Waals surface area (Å²) in [4.78, 5) is 11.5. The van der Waals surface area contributed by atoms with Gasteiger partial charge in [0, 0.05) is 6.08 Å². The third-order valence-electron chi connectivity index (χ3n) is 2.46. The molecule has 0 fully saturated rings. The topological polar surface area (TPSA) is 48.7 Å². The first-order valence-corrected chi connectivity index (χ1v) is 5.79. The van der Waals surface area contributed by atoms with Crippen LogP contribution in [0.25, 0.3) is 6.08 Å². The second-order valence-corrected chi connectivity index (χ2v) is 3.79. The molecule has 4 heteroatoms. The van der Waals surface area contributed by atoms with Gasteiger partial charge in [0.2, 0.25) is 0 Å². The molecule has 98 valence electrons. The van der Waals surface area contributed by atoms with E-state index in [1.165, 1.54) is 12.3 Å². The predicted octanol–water partition coefficient (Wildman–Crippen LogP) is 3.04. The Morgan fingerprint density at radius 3 is 2.68 bits per heavy atom. The van der Waals surface area contributed by atoms with E-state index in [-0.39, 0.29) is 6.61 Å². The Hall–Kier alpha value is -2.49. The summed E-state index contributed by atoms with van der Waals surface area (Å²) in [6.07, 6.45) is 4.60. The zero-order chi connectivity index (χ0) is 13.5. The molecule has 0 aliphatic carbocycles. The van der Waals surface area contributed by atoms with Gasteiger partial charge in [0.05, 0.1) is 13.4 Å². The summed E-state index contributed by atoms with van der Waals surface area (Å²) in [5.41, 5.74) is 0.899. The van der Waals surface area contributed by atoms with Crippen molar-refractivity contribution in [1.82, 2.24) is 0 Å². The number of hydrogen-bond donors (Lipinski definition) is 0. The van der Waals surface area contributed by atoms with E-state index in [1.807, 2.05) is 24.3 Å². The van der Waals surface area contributed by atoms with Gasteiger partial charge in [-0.05, 0) is 35.9 Å². The summed E-state index contributed by atoms with van der Waals surface area (Å²) in [6.45, 7) is 0.138. The minimum atomic E-state index is -0.410. The first-order valence-electron chi connectivity index (χ1n) is 5.79. The summed E-state index contributed by atoms with van der Waals surface area (Å²) in [5.74, 6) is 0.982. The number of benzene rings is 1. The highest BCUT2D eigenvalue weighted by atomic mass is 16.5. The lowest BCUT2D eigenvalue weighted by Crippen LogP contribution is -1.99. The minimum Gasteiger partial charge on any atom is -0.497 e. The van der Waals surface area contributed by atoms with Crippen LogP contribution in [0.15, 0.2) is 53.2 Å². The molecule has 0 atom stereocenters. The van der Waals surface area contributed by atoms with E-state index in [0.717, 1.165) is 11.3 Å². The lowest BCUT2D eigenvalue weighted by Gasteiger charge is -2.00. The number of carbonyl (C=O) groups is 1. The first-order chi connectivity index (χ1) is 9.28. The molecule has 1 aromatic heterocycles. The average molecular weight is 258 g/mol. The fourth-order valence-electron chi connectivity index (χ4n) is 1.46. The molecular formula is C15H14O4. The molecule has 0 bridgehead atoms. The fraction of sp³-hybridized carbons (Fsp3) is 0.133. The van der Waals surface area contributed by atoms with Gasteiger partial charge in [0.25, 0.3) is 0 Å². The molecule has 1 aromatic carbocycles. The van der Waals surface area contributed by atoms with Crippen LogP contribution < -0.4 is 4.74 Å². The quantitative estimate of drug-likeness (QED) is 0.611. The number of rotatable bonds is 5. The van der Waals surface area contributed by atoms with Gasteiger partial charge >= 0.3 is 5.97 Å². The van der Waals surface area contributed by atoms with Crippen LogP contribution >= 0.6 is 0 Å². The Labute approximate surface area is 111 Å². The number of esters is 1. The lowest BCUT2D eigenvalue weighted by atomic mass is 10.2. The molecule has 0 N–H and O–H groups in total. The van der Waals surface area contributed by atoms with E-state index in [9.17, 15) is 4.79 Å². The molecule has 0 unspecified atom stereocenters. The van der Waals surface area contributed by atoms with Crippen LogP contribution in [0, 0.1) is 0 Å². The van der Waals surface area contributed by atoms with E-state index in [0.29, 0.717) is 5.76 Å². The second kappa shape index (κ2) is 6.44. The molecular weight excluding hydrogens is 244 g/mol. The van der Waals surface area contributed by atoms with Gasteiger partial charge in [-0.3, -0.25) is 0 Å². The van der Waals surface area contributed by atoms with Crippen molar-refractivity contribution < 1.29 is 18.7 Å². The van der Waals surface area contributed by atoms with Gasteiger partial charge in [0.15, 0.2) is 0 Å². The molecule has 0 saturated carbocycles. The van der Waals surface area contributed by atoms with Gasteiger partial charge in [0.1, 0.15) is 18.1 Å². The van der Waals surface area contributed by atoms with Crippen LogP contribution in [-0.4, -0.2) is 13.1 Å². The summed E-state index contributed by atoms with van der Waals surface area (Å²) in [5, 5.41) is 0. The van der Waals surface area contributed by atoms with Crippen molar-refractivity contribution >= 4 is 12.0 Å². The number of furan rings is 1. The first kappa shape index (κ1) is 13.0.